The van der Waals surface area contributed by atoms with Crippen molar-refractivity contribution < 1.29 is 38.1 Å². The van der Waals surface area contributed by atoms with Crippen molar-refractivity contribution in [1.29, 1.82) is 0 Å². The van der Waals surface area contributed by atoms with E-state index < -0.39 is 0 Å². The SMILES string of the molecule is C.C.CCCCC/C=C/CCCCCCCC(=O)OCC[S-].CCCCC/C=C/CCCCCCCC(=O)OCC[S-].CCCCC/C=C/CCCCCCCC(=O)OCC[S-].CCCCC/C=C/CCCCCCCC(=O)OCC[S-].S.[Sn+2].[Sn+2]. The van der Waals surface area contributed by atoms with Crippen LogP contribution in [0.5, 0.6) is 0 Å². The topological polar surface area (TPSA) is 105 Å². The van der Waals surface area contributed by atoms with Crippen molar-refractivity contribution in [2.45, 2.75) is 325 Å². The third-order valence-corrected chi connectivity index (χ3v) is 13.6. The Morgan fingerprint density at radius 3 is 0.553 bits per heavy atom. The number of hydrogen-bond donors (Lipinski definition) is 0. The van der Waals surface area contributed by atoms with E-state index in [1.165, 1.54) is 205 Å². The maximum Gasteiger partial charge on any atom is 2.00 e. The number of rotatable bonds is 56. The monoisotopic (exact) mass is 1500 g/mol. The Labute approximate surface area is 591 Å². The molecule has 0 spiro atoms. The molecule has 0 aromatic heterocycles. The van der Waals surface area contributed by atoms with Crippen LogP contribution >= 0.6 is 13.5 Å². The van der Waals surface area contributed by atoms with Gasteiger partial charge in [0.15, 0.2) is 0 Å². The summed E-state index contributed by atoms with van der Waals surface area (Å²) in [6, 6.07) is 0. The first kappa shape index (κ1) is 104. The van der Waals surface area contributed by atoms with Crippen LogP contribution in [0.2, 0.25) is 0 Å². The average Bonchev–Trinajstić information content (AvgIpc) is 3.46. The number of ether oxygens (including phenoxy) is 4. The summed E-state index contributed by atoms with van der Waals surface area (Å²) in [5.74, 6) is 1.62. The molecule has 0 heterocycles. The number of allylic oxidation sites excluding steroid dienone is 8. The van der Waals surface area contributed by atoms with Crippen LogP contribution in [0.4, 0.5) is 0 Å². The summed E-state index contributed by atoms with van der Waals surface area (Å²) in [4.78, 5) is 44.8. The molecule has 4 radical (unpaired) electrons. The molecule has 0 N–H and O–H groups in total. The number of esters is 4. The van der Waals surface area contributed by atoms with Crippen molar-refractivity contribution in [2.75, 3.05) is 49.4 Å². The molecule has 0 atom stereocenters. The molecule has 500 valence electrons. The first-order valence-corrected chi connectivity index (χ1v) is 35.1. The van der Waals surface area contributed by atoms with Gasteiger partial charge in [0.1, 0.15) is 0 Å². The van der Waals surface area contributed by atoms with Crippen molar-refractivity contribution in [3.8, 4) is 0 Å². The van der Waals surface area contributed by atoms with E-state index in [2.05, 4.69) is 76.3 Å². The Kier molecular flexibility index (Phi) is 123. The molecule has 0 unspecified atom stereocenters. The Morgan fingerprint density at radius 1 is 0.259 bits per heavy atom. The van der Waals surface area contributed by atoms with E-state index >= 15 is 0 Å². The molecule has 0 saturated heterocycles. The van der Waals surface area contributed by atoms with Crippen molar-refractivity contribution in [3.63, 3.8) is 0 Å². The first-order chi connectivity index (χ1) is 39.2. The number of carbonyl (C=O) groups is 4. The van der Waals surface area contributed by atoms with Crippen LogP contribution in [-0.2, 0) is 88.6 Å². The van der Waals surface area contributed by atoms with E-state index in [-0.39, 0.29) is 100 Å². The minimum absolute atomic E-state index is 0. The second kappa shape index (κ2) is 100. The van der Waals surface area contributed by atoms with Crippen molar-refractivity contribution in [3.05, 3.63) is 48.6 Å². The van der Waals surface area contributed by atoms with E-state index in [0.717, 1.165) is 51.4 Å². The zero-order valence-corrected chi connectivity index (χ0v) is 63.8. The summed E-state index contributed by atoms with van der Waals surface area (Å²) < 4.78 is 19.8. The molecule has 0 aromatic rings. The van der Waals surface area contributed by atoms with E-state index in [4.69, 9.17) is 69.5 Å². The number of unbranched alkanes of at least 4 members (excludes halogenated alkanes) is 32. The van der Waals surface area contributed by atoms with Gasteiger partial charge in [-0.25, -0.2) is 0 Å². The van der Waals surface area contributed by atoms with Crippen LogP contribution in [-0.4, -0.2) is 121 Å². The second-order valence-electron chi connectivity index (χ2n) is 20.8. The largest absolute Gasteiger partial charge is 2.00 e. The Morgan fingerprint density at radius 2 is 0.400 bits per heavy atom. The molecule has 0 aliphatic rings. The average molecular weight is 1500 g/mol. The summed E-state index contributed by atoms with van der Waals surface area (Å²) in [7, 11) is 0. The molecular formula is C70H134O8S5Sn2. The van der Waals surface area contributed by atoms with E-state index in [1.54, 1.807) is 0 Å². The molecular weight excluding hydrogens is 1370 g/mol. The summed E-state index contributed by atoms with van der Waals surface area (Å²) in [6.07, 6.45) is 69.7. The van der Waals surface area contributed by atoms with Crippen LogP contribution in [0.3, 0.4) is 0 Å². The molecule has 0 saturated carbocycles. The Hall–Kier alpha value is 0.187. The maximum absolute atomic E-state index is 11.2. The van der Waals surface area contributed by atoms with Crippen molar-refractivity contribution >= 4 is 136 Å². The third kappa shape index (κ3) is 109. The predicted octanol–water partition coefficient (Wildman–Crippen LogP) is 20.4. The van der Waals surface area contributed by atoms with Gasteiger partial charge in [-0.05, 0) is 128 Å². The van der Waals surface area contributed by atoms with Crippen molar-refractivity contribution in [2.24, 2.45) is 0 Å². The third-order valence-electron chi connectivity index (χ3n) is 13.0. The molecule has 0 aliphatic carbocycles. The fourth-order valence-electron chi connectivity index (χ4n) is 8.15. The molecule has 0 aromatic carbocycles. The molecule has 0 amide bonds. The Bertz CT molecular complexity index is 1170. The van der Waals surface area contributed by atoms with Crippen LogP contribution in [0.15, 0.2) is 48.6 Å². The van der Waals surface area contributed by atoms with Gasteiger partial charge >= 0.3 is 71.7 Å². The molecule has 8 nitrogen and oxygen atoms in total. The first-order valence-electron chi connectivity index (χ1n) is 32.8. The summed E-state index contributed by atoms with van der Waals surface area (Å²) >= 11 is 18.9. The maximum atomic E-state index is 11.2. The minimum Gasteiger partial charge on any atom is -0.789 e. The van der Waals surface area contributed by atoms with E-state index in [0.29, 0.717) is 75.1 Å². The zero-order valence-electron chi connectivity index (χ0n) is 53.8. The minimum atomic E-state index is -0.0927. The van der Waals surface area contributed by atoms with Gasteiger partial charge < -0.3 is 69.5 Å². The molecule has 85 heavy (non-hydrogen) atoms. The zero-order chi connectivity index (χ0) is 59.6. The second-order valence-corrected chi connectivity index (χ2v) is 22.4. The fourth-order valence-corrected chi connectivity index (χ4v) is 8.48. The van der Waals surface area contributed by atoms with Crippen LogP contribution in [0.25, 0.3) is 0 Å². The van der Waals surface area contributed by atoms with E-state index in [9.17, 15) is 19.2 Å². The molecule has 0 aliphatic heterocycles. The number of hydrogen-bond acceptors (Lipinski definition) is 12. The van der Waals surface area contributed by atoms with Gasteiger partial charge in [-0.3, -0.25) is 19.2 Å². The smallest absolute Gasteiger partial charge is 0.789 e. The van der Waals surface area contributed by atoms with Crippen LogP contribution in [0.1, 0.15) is 325 Å². The predicted molar refractivity (Wildman–Crippen MR) is 391 cm³/mol. The normalized spacial score (nSPS) is 10.4. The molecule has 15 heteroatoms. The Balaban J connectivity index is -0.000000127. The molecule has 0 rings (SSSR count). The quantitative estimate of drug-likeness (QED) is 0.0145. The number of carbonyl (C=O) groups excluding carboxylic acids is 4. The van der Waals surface area contributed by atoms with Crippen LogP contribution in [0, 0.1) is 0 Å². The van der Waals surface area contributed by atoms with Gasteiger partial charge in [-0.2, -0.15) is 13.5 Å². The van der Waals surface area contributed by atoms with Crippen molar-refractivity contribution in [1.82, 2.24) is 0 Å². The van der Waals surface area contributed by atoms with Gasteiger partial charge in [-0.1, -0.05) is 220 Å². The van der Waals surface area contributed by atoms with Gasteiger partial charge in [-0.15, -0.1) is 23.0 Å². The molecule has 0 bridgehead atoms. The summed E-state index contributed by atoms with van der Waals surface area (Å²) in [5, 5.41) is 0. The summed E-state index contributed by atoms with van der Waals surface area (Å²) in [6.45, 7) is 10.5. The standard InChI is InChI=1S/4C17H32O2S.2CH4.H2S.2Sn/c4*1-2-3-4-5-6-7-8-9-10-11-12-13-14-17(18)19-15-16-20;;;;;/h4*6-7,20H,2-5,8-16H2,1H3;2*1H4;1H2;;/q;;;;;;;2*+2/p-4/b4*7-6+;;;;;. The van der Waals surface area contributed by atoms with Gasteiger partial charge in [0.25, 0.3) is 0 Å². The van der Waals surface area contributed by atoms with Crippen LogP contribution < -0.4 is 0 Å². The fraction of sp³-hybridized carbons (Fsp3) is 0.829. The summed E-state index contributed by atoms with van der Waals surface area (Å²) in [5.41, 5.74) is 0. The van der Waals surface area contributed by atoms with Gasteiger partial charge in [0.05, 0.1) is 26.4 Å². The van der Waals surface area contributed by atoms with E-state index in [1.807, 2.05) is 0 Å². The molecule has 0 fully saturated rings. The van der Waals surface area contributed by atoms with Gasteiger partial charge in [0, 0.05) is 25.7 Å². The van der Waals surface area contributed by atoms with Gasteiger partial charge in [0.2, 0.25) is 0 Å².